The van der Waals surface area contributed by atoms with Crippen molar-refractivity contribution in [3.05, 3.63) is 0 Å². The lowest BCUT2D eigenvalue weighted by Gasteiger charge is -2.15. The van der Waals surface area contributed by atoms with Crippen molar-refractivity contribution in [2.45, 2.75) is 70.9 Å². The van der Waals surface area contributed by atoms with E-state index in [0.29, 0.717) is 19.6 Å². The minimum atomic E-state index is -0.552. The molecule has 2 unspecified atom stereocenters. The van der Waals surface area contributed by atoms with Gasteiger partial charge in [0.15, 0.2) is 0 Å². The Kier molecular flexibility index (Phi) is 21.5. The molecule has 0 radical (unpaired) electrons. The van der Waals surface area contributed by atoms with Gasteiger partial charge in [-0.25, -0.2) is 0 Å². The van der Waals surface area contributed by atoms with Gasteiger partial charge < -0.3 is 42.0 Å². The summed E-state index contributed by atoms with van der Waals surface area (Å²) in [6.07, 6.45) is 0.760. The van der Waals surface area contributed by atoms with Crippen LogP contribution in [0.4, 0.5) is 0 Å². The van der Waals surface area contributed by atoms with Crippen LogP contribution in [0.3, 0.4) is 0 Å². The van der Waals surface area contributed by atoms with Crippen molar-refractivity contribution >= 4 is 53.2 Å². The molecule has 51 heavy (non-hydrogen) atoms. The fourth-order valence-corrected chi connectivity index (χ4v) is 4.98. The largest absolute Gasteiger partial charge is 0.381 e. The van der Waals surface area contributed by atoms with Gasteiger partial charge in [0.25, 0.3) is 0 Å². The molecule has 0 aromatic rings. The van der Waals surface area contributed by atoms with Gasteiger partial charge in [0.2, 0.25) is 53.2 Å². The molecule has 0 aromatic heterocycles. The molecule has 0 spiro atoms. The summed E-state index contributed by atoms with van der Waals surface area (Å²) in [7, 11) is 4.81. The van der Waals surface area contributed by atoms with Gasteiger partial charge in [0, 0.05) is 85.0 Å². The second kappa shape index (κ2) is 24.6. The second-order valence-electron chi connectivity index (χ2n) is 11.9. The number of nitrogens with zero attached hydrogens (tertiary/aromatic N) is 2. The van der Waals surface area contributed by atoms with Crippen LogP contribution in [0.2, 0.25) is 0 Å². The molecule has 7 N–H and O–H groups in total. The Labute approximate surface area is 298 Å². The lowest BCUT2D eigenvalue weighted by atomic mass is 10.0. The van der Waals surface area contributed by atoms with Crippen LogP contribution in [0.5, 0.6) is 0 Å². The first-order valence-corrected chi connectivity index (χ1v) is 17.2. The molecular weight excluding hydrogens is 670 g/mol. The number of carbonyl (C=O) groups excluding carboxylic acids is 9. The molecule has 2 aliphatic rings. The van der Waals surface area contributed by atoms with E-state index in [1.54, 1.807) is 28.1 Å². The van der Waals surface area contributed by atoms with E-state index in [0.717, 1.165) is 9.80 Å². The number of nitrogens with one attached hydrogen (secondary N) is 7. The van der Waals surface area contributed by atoms with Gasteiger partial charge in [-0.2, -0.15) is 0 Å². The van der Waals surface area contributed by atoms with E-state index in [-0.39, 0.29) is 137 Å². The summed E-state index contributed by atoms with van der Waals surface area (Å²) in [6, 6.07) is -1.10. The number of hydrogen-bond acceptors (Lipinski definition) is 12. The normalized spacial score (nSPS) is 17.4. The van der Waals surface area contributed by atoms with Gasteiger partial charge >= 0.3 is 0 Å². The van der Waals surface area contributed by atoms with Crippen molar-refractivity contribution in [2.75, 3.05) is 73.6 Å². The maximum absolute atomic E-state index is 12.1. The zero-order valence-electron chi connectivity index (χ0n) is 30.3. The summed E-state index contributed by atoms with van der Waals surface area (Å²) in [5, 5.41) is 18.6. The predicted octanol–water partition coefficient (Wildman–Crippen LogP) is -3.50. The van der Waals surface area contributed by atoms with Crippen LogP contribution in [-0.2, 0) is 47.9 Å². The van der Waals surface area contributed by atoms with E-state index in [1.807, 2.05) is 6.92 Å². The molecule has 2 rings (SSSR count). The number of amides is 9. The van der Waals surface area contributed by atoms with Crippen LogP contribution in [0.25, 0.3) is 0 Å². The minimum Gasteiger partial charge on any atom is -0.381 e. The van der Waals surface area contributed by atoms with E-state index >= 15 is 0 Å². The lowest BCUT2D eigenvalue weighted by Crippen LogP contribution is -2.40. The van der Waals surface area contributed by atoms with Crippen LogP contribution in [-0.4, -0.2) is 149 Å². The van der Waals surface area contributed by atoms with Gasteiger partial charge in [0.1, 0.15) is 0 Å². The van der Waals surface area contributed by atoms with E-state index in [2.05, 4.69) is 37.2 Å². The maximum Gasteiger partial charge on any atom is 0.246 e. The van der Waals surface area contributed by atoms with Crippen molar-refractivity contribution in [1.29, 1.82) is 0 Å². The zero-order valence-corrected chi connectivity index (χ0v) is 30.3. The predicted molar refractivity (Wildman–Crippen MR) is 183 cm³/mol. The molecule has 0 aliphatic carbocycles. The smallest absolute Gasteiger partial charge is 0.246 e. The van der Waals surface area contributed by atoms with Crippen molar-refractivity contribution in [2.24, 2.45) is 5.92 Å². The Morgan fingerprint density at radius 3 is 1.37 bits per heavy atom. The average Bonchev–Trinajstić information content (AvgIpc) is 3.53. The number of imide groups is 2. The first kappa shape index (κ1) is 44.5. The van der Waals surface area contributed by atoms with Crippen molar-refractivity contribution in [1.82, 2.24) is 47.0 Å². The maximum atomic E-state index is 12.1. The standard InChI is InChI=1S/C26H42N8O8.C6H13NO2/c1-16(12-21(37)31-8-6-29-19(35)4-10-33-23(39)14-17(27-2)25(33)41)13-22(38)32-9-7-30-20(36)5-11-34-24(40)15-18(28-3)26(34)42;1-3-9-5-4-6(8)7-2/h16-18,27-28H,4-15H2,1-3H3,(H,29,35)(H,30,36)(H,31,37)(H,32,38);3-5H2,1-2H3,(H,7,8). The van der Waals surface area contributed by atoms with E-state index in [1.165, 1.54) is 0 Å². The molecule has 288 valence electrons. The zero-order chi connectivity index (χ0) is 38.3. The molecule has 2 saturated heterocycles. The number of hydrogen-bond donors (Lipinski definition) is 7. The average molecular weight is 726 g/mol. The highest BCUT2D eigenvalue weighted by Crippen LogP contribution is 2.14. The van der Waals surface area contributed by atoms with E-state index in [4.69, 9.17) is 4.74 Å². The SMILES string of the molecule is CCOCCC(=O)NC.CNC1CC(=O)N(CCC(=O)NCCNC(=O)CC(C)CC(=O)NCCNC(=O)CCN2C(=O)CC(NC)C2=O)C1=O. The molecule has 0 saturated carbocycles. The summed E-state index contributed by atoms with van der Waals surface area (Å²) >= 11 is 0. The van der Waals surface area contributed by atoms with Crippen LogP contribution in [0.15, 0.2) is 0 Å². The van der Waals surface area contributed by atoms with Gasteiger partial charge in [-0.05, 0) is 26.9 Å². The van der Waals surface area contributed by atoms with Gasteiger partial charge in [0.05, 0.1) is 31.5 Å². The molecule has 19 heteroatoms. The van der Waals surface area contributed by atoms with Crippen molar-refractivity contribution < 1.29 is 47.9 Å². The van der Waals surface area contributed by atoms with Crippen molar-refractivity contribution in [3.63, 3.8) is 0 Å². The van der Waals surface area contributed by atoms with Gasteiger partial charge in [-0.3, -0.25) is 53.0 Å². The molecule has 2 fully saturated rings. The first-order valence-electron chi connectivity index (χ1n) is 17.2. The summed E-state index contributed by atoms with van der Waals surface area (Å²) in [4.78, 5) is 109. The number of ether oxygens (including phenoxy) is 1. The highest BCUT2D eigenvalue weighted by molar-refractivity contribution is 6.06. The van der Waals surface area contributed by atoms with Crippen LogP contribution >= 0.6 is 0 Å². The van der Waals surface area contributed by atoms with E-state index < -0.39 is 12.1 Å². The molecule has 2 heterocycles. The molecule has 9 amide bonds. The minimum absolute atomic E-state index is 0.000619. The highest BCUT2D eigenvalue weighted by Gasteiger charge is 2.38. The topological polar surface area (TPSA) is 254 Å². The molecule has 2 aliphatic heterocycles. The Balaban J connectivity index is 0.00000127. The Bertz CT molecular complexity index is 1150. The third kappa shape index (κ3) is 17.3. The molecular formula is C32H55N9O10. The molecule has 0 aromatic carbocycles. The molecule has 2 atom stereocenters. The highest BCUT2D eigenvalue weighted by atomic mass is 16.5. The summed E-state index contributed by atoms with van der Waals surface area (Å²) < 4.78 is 4.95. The lowest BCUT2D eigenvalue weighted by molar-refractivity contribution is -0.141. The Hall–Kier alpha value is -4.49. The van der Waals surface area contributed by atoms with Gasteiger partial charge in [-0.15, -0.1) is 0 Å². The molecule has 19 nitrogen and oxygen atoms in total. The number of likely N-dealkylation sites (N-methyl/N-ethyl adjacent to an activating group) is 2. The number of rotatable bonds is 22. The van der Waals surface area contributed by atoms with Crippen LogP contribution < -0.4 is 37.2 Å². The third-order valence-electron chi connectivity index (χ3n) is 7.87. The number of likely N-dealkylation sites (tertiary alicyclic amines) is 2. The van der Waals surface area contributed by atoms with Gasteiger partial charge in [-0.1, -0.05) is 6.92 Å². The fourth-order valence-electron chi connectivity index (χ4n) is 4.98. The fraction of sp³-hybridized carbons (Fsp3) is 0.719. The number of carbonyl (C=O) groups is 9. The van der Waals surface area contributed by atoms with Crippen LogP contribution in [0, 0.1) is 5.92 Å². The second-order valence-corrected chi connectivity index (χ2v) is 11.9. The summed E-state index contributed by atoms with van der Waals surface area (Å²) in [5.41, 5.74) is 0. The van der Waals surface area contributed by atoms with Crippen LogP contribution in [0.1, 0.15) is 58.8 Å². The van der Waals surface area contributed by atoms with Crippen molar-refractivity contribution in [3.8, 4) is 0 Å². The van der Waals surface area contributed by atoms with E-state index in [9.17, 15) is 43.2 Å². The Morgan fingerprint density at radius 2 is 1.04 bits per heavy atom. The summed E-state index contributed by atoms with van der Waals surface area (Å²) in [5.74, 6) is -2.80. The molecule has 0 bridgehead atoms. The first-order chi connectivity index (χ1) is 24.3. The Morgan fingerprint density at radius 1 is 0.647 bits per heavy atom. The third-order valence-corrected chi connectivity index (χ3v) is 7.87. The monoisotopic (exact) mass is 725 g/mol. The quantitative estimate of drug-likeness (QED) is 0.0424. The summed E-state index contributed by atoms with van der Waals surface area (Å²) in [6.45, 7) is 5.58.